The van der Waals surface area contributed by atoms with Crippen molar-refractivity contribution in [2.75, 3.05) is 31.9 Å². The van der Waals surface area contributed by atoms with Gasteiger partial charge in [0.1, 0.15) is 12.1 Å². The number of likely N-dealkylation sites (tertiary alicyclic amines) is 1. The van der Waals surface area contributed by atoms with Crippen LogP contribution in [0.25, 0.3) is 0 Å². The molecule has 4 nitrogen and oxygen atoms in total. The number of nitrogens with zero attached hydrogens (tertiary/aromatic N) is 1. The molecule has 4 atom stereocenters. The minimum Gasteiger partial charge on any atom is -0.305 e. The van der Waals surface area contributed by atoms with E-state index in [1.54, 1.807) is 0 Å². The maximum absolute atomic E-state index is 13.0. The van der Waals surface area contributed by atoms with Gasteiger partial charge in [0.25, 0.3) is 0 Å². The number of hydrogen-bond donors (Lipinski definition) is 1. The fraction of sp³-hybridized carbons (Fsp3) is 0.917. The minimum atomic E-state index is 0.103. The Labute approximate surface area is 191 Å². The SMILES string of the molecule is CCC1C(CN2CCC(C)(NCC=O)CC2)CCC1C(=O)CCCCC1CCSS1. The summed E-state index contributed by atoms with van der Waals surface area (Å²) in [6.45, 7) is 8.35. The van der Waals surface area contributed by atoms with Crippen molar-refractivity contribution >= 4 is 33.7 Å². The molecule has 4 unspecified atom stereocenters. The lowest BCUT2D eigenvalue weighted by atomic mass is 9.82. The van der Waals surface area contributed by atoms with Gasteiger partial charge in [0, 0.05) is 35.4 Å². The lowest BCUT2D eigenvalue weighted by Gasteiger charge is -2.41. The van der Waals surface area contributed by atoms with E-state index in [1.165, 1.54) is 31.4 Å². The Morgan fingerprint density at radius 1 is 1.20 bits per heavy atom. The molecule has 0 aromatic heterocycles. The van der Waals surface area contributed by atoms with Crippen LogP contribution in [0.15, 0.2) is 0 Å². The van der Waals surface area contributed by atoms with Crippen molar-refractivity contribution in [2.45, 2.75) is 88.8 Å². The number of nitrogens with one attached hydrogen (secondary N) is 1. The van der Waals surface area contributed by atoms with Crippen LogP contribution in [0.1, 0.15) is 78.1 Å². The van der Waals surface area contributed by atoms with Crippen LogP contribution in [0.3, 0.4) is 0 Å². The predicted octanol–water partition coefficient (Wildman–Crippen LogP) is 4.97. The minimum absolute atomic E-state index is 0.103. The van der Waals surface area contributed by atoms with E-state index in [2.05, 4.69) is 34.9 Å². The second kappa shape index (κ2) is 12.3. The topological polar surface area (TPSA) is 49.4 Å². The summed E-state index contributed by atoms with van der Waals surface area (Å²) in [7, 11) is 4.07. The van der Waals surface area contributed by atoms with Crippen molar-refractivity contribution in [1.29, 1.82) is 0 Å². The Bertz CT molecular complexity index is 545. The molecule has 0 amide bonds. The second-order valence-corrected chi connectivity index (χ2v) is 12.8. The number of rotatable bonds is 12. The molecule has 3 aliphatic rings. The molecule has 30 heavy (non-hydrogen) atoms. The van der Waals surface area contributed by atoms with Crippen molar-refractivity contribution in [3.63, 3.8) is 0 Å². The zero-order valence-electron chi connectivity index (χ0n) is 19.1. The molecule has 1 N–H and O–H groups in total. The number of aldehydes is 1. The number of Topliss-reactive ketones (excluding diaryl/α,β-unsaturated/α-hetero) is 1. The molecule has 1 aliphatic carbocycles. The maximum Gasteiger partial charge on any atom is 0.136 e. The maximum atomic E-state index is 13.0. The Morgan fingerprint density at radius 3 is 2.67 bits per heavy atom. The lowest BCUT2D eigenvalue weighted by Crippen LogP contribution is -2.52. The second-order valence-electron chi connectivity index (χ2n) is 9.97. The molecule has 0 aromatic rings. The van der Waals surface area contributed by atoms with E-state index >= 15 is 0 Å². The molecule has 2 saturated heterocycles. The summed E-state index contributed by atoms with van der Waals surface area (Å²) < 4.78 is 0. The van der Waals surface area contributed by atoms with E-state index in [4.69, 9.17) is 0 Å². The summed E-state index contributed by atoms with van der Waals surface area (Å²) in [5.41, 5.74) is 0.103. The normalized spacial score (nSPS) is 31.8. The zero-order chi connectivity index (χ0) is 21.4. The standard InChI is InChI=1S/C24H42N2O2S2/c1-3-21-19(18-26-14-11-24(2,12-15-26)25-13-16-27)8-9-22(21)23(28)7-5-4-6-20-10-17-29-30-20/h16,19-22,25H,3-15,17-18H2,1-2H3. The smallest absolute Gasteiger partial charge is 0.136 e. The van der Waals surface area contributed by atoms with E-state index in [1.807, 2.05) is 10.8 Å². The number of unbranched alkanes of at least 4 members (excludes halogenated alkanes) is 1. The van der Waals surface area contributed by atoms with Crippen LogP contribution in [-0.4, -0.2) is 59.7 Å². The number of ketones is 1. The molecule has 3 fully saturated rings. The number of hydrogen-bond acceptors (Lipinski definition) is 6. The van der Waals surface area contributed by atoms with Gasteiger partial charge in [0.05, 0.1) is 6.54 Å². The van der Waals surface area contributed by atoms with Gasteiger partial charge in [-0.15, -0.1) is 0 Å². The lowest BCUT2D eigenvalue weighted by molar-refractivity contribution is -0.124. The molecule has 172 valence electrons. The highest BCUT2D eigenvalue weighted by Gasteiger charge is 2.40. The summed E-state index contributed by atoms with van der Waals surface area (Å²) in [5, 5.41) is 4.24. The third-order valence-electron chi connectivity index (χ3n) is 7.85. The Kier molecular flexibility index (Phi) is 10.1. The first-order valence-electron chi connectivity index (χ1n) is 12.3. The van der Waals surface area contributed by atoms with E-state index in [-0.39, 0.29) is 5.54 Å². The molecule has 6 heteroatoms. The zero-order valence-corrected chi connectivity index (χ0v) is 20.7. The highest BCUT2D eigenvalue weighted by molar-refractivity contribution is 8.77. The van der Waals surface area contributed by atoms with Crippen LogP contribution in [0.2, 0.25) is 0 Å². The number of carbonyl (C=O) groups is 2. The van der Waals surface area contributed by atoms with E-state index in [9.17, 15) is 9.59 Å². The van der Waals surface area contributed by atoms with Crippen LogP contribution in [-0.2, 0) is 9.59 Å². The molecule has 2 heterocycles. The molecule has 2 aliphatic heterocycles. The summed E-state index contributed by atoms with van der Waals surface area (Å²) in [6, 6.07) is 0. The highest BCUT2D eigenvalue weighted by atomic mass is 33.1. The summed E-state index contributed by atoms with van der Waals surface area (Å²) >= 11 is 0. The van der Waals surface area contributed by atoms with Gasteiger partial charge in [-0.25, -0.2) is 0 Å². The molecule has 0 spiro atoms. The van der Waals surface area contributed by atoms with Gasteiger partial charge < -0.3 is 15.0 Å². The molecule has 3 rings (SSSR count). The monoisotopic (exact) mass is 454 g/mol. The van der Waals surface area contributed by atoms with Crippen molar-refractivity contribution < 1.29 is 9.59 Å². The van der Waals surface area contributed by atoms with Gasteiger partial charge in [-0.3, -0.25) is 4.79 Å². The van der Waals surface area contributed by atoms with Gasteiger partial charge in [-0.2, -0.15) is 0 Å². The summed E-state index contributed by atoms with van der Waals surface area (Å²) in [4.78, 5) is 26.3. The van der Waals surface area contributed by atoms with Crippen LogP contribution >= 0.6 is 21.6 Å². The van der Waals surface area contributed by atoms with E-state index in [0.717, 1.165) is 69.7 Å². The van der Waals surface area contributed by atoms with Crippen LogP contribution in [0, 0.1) is 17.8 Å². The van der Waals surface area contributed by atoms with Gasteiger partial charge in [0.15, 0.2) is 0 Å². The van der Waals surface area contributed by atoms with Gasteiger partial charge >= 0.3 is 0 Å². The van der Waals surface area contributed by atoms with Crippen LogP contribution in [0.5, 0.6) is 0 Å². The van der Waals surface area contributed by atoms with Gasteiger partial charge in [0.2, 0.25) is 0 Å². The predicted molar refractivity (Wildman–Crippen MR) is 130 cm³/mol. The van der Waals surface area contributed by atoms with Crippen LogP contribution in [0.4, 0.5) is 0 Å². The van der Waals surface area contributed by atoms with Crippen molar-refractivity contribution in [2.24, 2.45) is 17.8 Å². The van der Waals surface area contributed by atoms with Crippen LogP contribution < -0.4 is 5.32 Å². The Morgan fingerprint density at radius 2 is 2.00 bits per heavy atom. The molecule has 0 aromatic carbocycles. The molecule has 1 saturated carbocycles. The summed E-state index contributed by atoms with van der Waals surface area (Å²) in [6.07, 6.45) is 12.4. The average molecular weight is 455 g/mol. The fourth-order valence-corrected chi connectivity index (χ4v) is 8.87. The number of piperidine rings is 1. The van der Waals surface area contributed by atoms with Gasteiger partial charge in [-0.1, -0.05) is 41.4 Å². The summed E-state index contributed by atoms with van der Waals surface area (Å²) in [5.74, 6) is 3.45. The largest absolute Gasteiger partial charge is 0.305 e. The fourth-order valence-electron chi connectivity index (χ4n) is 5.84. The third kappa shape index (κ3) is 6.98. The van der Waals surface area contributed by atoms with E-state index in [0.29, 0.717) is 30.1 Å². The van der Waals surface area contributed by atoms with Gasteiger partial charge in [-0.05, 0) is 76.8 Å². The number of carbonyl (C=O) groups excluding carboxylic acids is 2. The first-order chi connectivity index (χ1) is 14.5. The average Bonchev–Trinajstić information content (AvgIpc) is 3.41. The molecule has 0 bridgehead atoms. The van der Waals surface area contributed by atoms with E-state index < -0.39 is 0 Å². The highest BCUT2D eigenvalue weighted by Crippen LogP contribution is 2.42. The van der Waals surface area contributed by atoms with Crippen molar-refractivity contribution in [3.05, 3.63) is 0 Å². The third-order valence-corrected chi connectivity index (χ3v) is 10.9. The first-order valence-corrected chi connectivity index (χ1v) is 14.6. The molecular weight excluding hydrogens is 412 g/mol. The Hall–Kier alpha value is -0.0400. The van der Waals surface area contributed by atoms with Crippen molar-refractivity contribution in [1.82, 2.24) is 10.2 Å². The Balaban J connectivity index is 1.38. The van der Waals surface area contributed by atoms with Crippen molar-refractivity contribution in [3.8, 4) is 0 Å². The molecular formula is C24H42N2O2S2. The first kappa shape index (κ1) is 24.6. The quantitative estimate of drug-likeness (QED) is 0.255. The molecule has 0 radical (unpaired) electrons.